The molecule has 0 spiro atoms. The first-order valence-electron chi connectivity index (χ1n) is 6.23. The molecule has 0 bridgehead atoms. The number of anilines is 1. The highest BCUT2D eigenvalue weighted by Crippen LogP contribution is 2.27. The summed E-state index contributed by atoms with van der Waals surface area (Å²) < 4.78 is 27.0. The van der Waals surface area contributed by atoms with Gasteiger partial charge in [-0.1, -0.05) is 6.92 Å². The van der Waals surface area contributed by atoms with E-state index in [1.807, 2.05) is 6.92 Å². The van der Waals surface area contributed by atoms with Crippen LogP contribution < -0.4 is 10.0 Å². The molecule has 0 radical (unpaired) electrons. The smallest absolute Gasteiger partial charge is 0.241 e. The molecule has 6 heteroatoms. The fourth-order valence-corrected chi connectivity index (χ4v) is 3.42. The van der Waals surface area contributed by atoms with Crippen molar-refractivity contribution in [3.05, 3.63) is 18.3 Å². The van der Waals surface area contributed by atoms with E-state index in [4.69, 9.17) is 0 Å². The van der Waals surface area contributed by atoms with Crippen molar-refractivity contribution in [1.82, 2.24) is 9.71 Å². The molecule has 0 aliphatic heterocycles. The Morgan fingerprint density at radius 1 is 1.44 bits per heavy atom. The molecule has 2 rings (SSSR count). The van der Waals surface area contributed by atoms with Crippen LogP contribution in [0.25, 0.3) is 0 Å². The maximum atomic E-state index is 12.1. The van der Waals surface area contributed by atoms with Crippen LogP contribution in [0.15, 0.2) is 23.2 Å². The predicted molar refractivity (Wildman–Crippen MR) is 70.9 cm³/mol. The Kier molecular flexibility index (Phi) is 3.87. The zero-order chi connectivity index (χ0) is 13.2. The first kappa shape index (κ1) is 13.3. The maximum Gasteiger partial charge on any atom is 0.241 e. The van der Waals surface area contributed by atoms with E-state index in [2.05, 4.69) is 21.9 Å². The van der Waals surface area contributed by atoms with E-state index in [0.29, 0.717) is 18.3 Å². The summed E-state index contributed by atoms with van der Waals surface area (Å²) in [6, 6.07) is 3.17. The Hall–Kier alpha value is -1.14. The molecule has 18 heavy (non-hydrogen) atoms. The normalized spacial score (nSPS) is 23.4. The quantitative estimate of drug-likeness (QED) is 0.851. The first-order chi connectivity index (χ1) is 8.51. The van der Waals surface area contributed by atoms with Gasteiger partial charge in [0.15, 0.2) is 0 Å². The number of rotatable bonds is 5. The van der Waals surface area contributed by atoms with Crippen LogP contribution in [-0.4, -0.2) is 26.0 Å². The second-order valence-electron chi connectivity index (χ2n) is 4.80. The van der Waals surface area contributed by atoms with Crippen LogP contribution in [0.4, 0.5) is 5.82 Å². The fourth-order valence-electron chi connectivity index (χ4n) is 2.14. The minimum absolute atomic E-state index is 0.0840. The van der Waals surface area contributed by atoms with Crippen LogP contribution in [0.5, 0.6) is 0 Å². The van der Waals surface area contributed by atoms with Crippen molar-refractivity contribution in [3.8, 4) is 0 Å². The van der Waals surface area contributed by atoms with Gasteiger partial charge < -0.3 is 5.32 Å². The topological polar surface area (TPSA) is 71.1 Å². The maximum absolute atomic E-state index is 12.1. The van der Waals surface area contributed by atoms with Gasteiger partial charge in [-0.2, -0.15) is 0 Å². The molecule has 2 N–H and O–H groups in total. The molecule has 100 valence electrons. The van der Waals surface area contributed by atoms with E-state index >= 15 is 0 Å². The van der Waals surface area contributed by atoms with Crippen LogP contribution in [-0.2, 0) is 10.0 Å². The molecule has 0 saturated heterocycles. The second-order valence-corrected chi connectivity index (χ2v) is 6.52. The minimum atomic E-state index is -3.41. The molecule has 5 nitrogen and oxygen atoms in total. The number of pyridine rings is 1. The monoisotopic (exact) mass is 269 g/mol. The second kappa shape index (κ2) is 5.24. The molecular formula is C12H19N3O2S. The van der Waals surface area contributed by atoms with Crippen molar-refractivity contribution in [2.75, 3.05) is 11.9 Å². The van der Waals surface area contributed by atoms with E-state index in [1.165, 1.54) is 12.3 Å². The van der Waals surface area contributed by atoms with E-state index in [-0.39, 0.29) is 10.9 Å². The predicted octanol–water partition coefficient (Wildman–Crippen LogP) is 1.59. The van der Waals surface area contributed by atoms with Gasteiger partial charge in [-0.25, -0.2) is 18.1 Å². The first-order valence-corrected chi connectivity index (χ1v) is 7.72. The molecule has 1 aliphatic rings. The average Bonchev–Trinajstić information content (AvgIpc) is 2.27. The zero-order valence-corrected chi connectivity index (χ0v) is 11.5. The van der Waals surface area contributed by atoms with E-state index < -0.39 is 10.0 Å². The molecule has 1 aromatic rings. The summed E-state index contributed by atoms with van der Waals surface area (Å²) in [7, 11) is -3.41. The minimum Gasteiger partial charge on any atom is -0.370 e. The van der Waals surface area contributed by atoms with Gasteiger partial charge in [0.25, 0.3) is 0 Å². The highest BCUT2D eigenvalue weighted by Gasteiger charge is 2.29. The van der Waals surface area contributed by atoms with Gasteiger partial charge in [-0.3, -0.25) is 0 Å². The van der Waals surface area contributed by atoms with E-state index in [0.717, 1.165) is 12.8 Å². The van der Waals surface area contributed by atoms with Crippen molar-refractivity contribution in [1.29, 1.82) is 0 Å². The Bertz CT molecular complexity index is 510. The van der Waals surface area contributed by atoms with Crippen LogP contribution in [0.2, 0.25) is 0 Å². The van der Waals surface area contributed by atoms with Gasteiger partial charge in [0, 0.05) is 24.8 Å². The molecule has 1 aliphatic carbocycles. The number of sulfonamides is 1. The molecule has 1 fully saturated rings. The lowest BCUT2D eigenvalue weighted by Crippen LogP contribution is -2.43. The van der Waals surface area contributed by atoms with Crippen LogP contribution >= 0.6 is 0 Å². The fraction of sp³-hybridized carbons (Fsp3) is 0.583. The van der Waals surface area contributed by atoms with Gasteiger partial charge in [-0.05, 0) is 31.7 Å². The Morgan fingerprint density at radius 2 is 2.17 bits per heavy atom. The SMILES string of the molecule is CCNc1cc(S(=O)(=O)NC2CC(C)C2)ccn1. The van der Waals surface area contributed by atoms with Gasteiger partial charge in [0.1, 0.15) is 5.82 Å². The highest BCUT2D eigenvalue weighted by atomic mass is 32.2. The summed E-state index contributed by atoms with van der Waals surface area (Å²) in [5.41, 5.74) is 0. The number of hydrogen-bond acceptors (Lipinski definition) is 4. The highest BCUT2D eigenvalue weighted by molar-refractivity contribution is 7.89. The van der Waals surface area contributed by atoms with Gasteiger partial charge in [0.2, 0.25) is 10.0 Å². The lowest BCUT2D eigenvalue weighted by molar-refractivity contribution is 0.270. The molecule has 1 aromatic heterocycles. The summed E-state index contributed by atoms with van der Waals surface area (Å²) in [5.74, 6) is 1.20. The van der Waals surface area contributed by atoms with Crippen LogP contribution in [0.1, 0.15) is 26.7 Å². The molecule has 1 saturated carbocycles. The molecule has 0 aromatic carbocycles. The molecule has 0 amide bonds. The lowest BCUT2D eigenvalue weighted by Gasteiger charge is -2.32. The number of nitrogens with zero attached hydrogens (tertiary/aromatic N) is 1. The largest absolute Gasteiger partial charge is 0.370 e. The Morgan fingerprint density at radius 3 is 2.78 bits per heavy atom. The van der Waals surface area contributed by atoms with Gasteiger partial charge in [0.05, 0.1) is 4.90 Å². The summed E-state index contributed by atoms with van der Waals surface area (Å²) >= 11 is 0. The third-order valence-electron chi connectivity index (χ3n) is 3.10. The number of nitrogens with one attached hydrogen (secondary N) is 2. The molecule has 0 unspecified atom stereocenters. The lowest BCUT2D eigenvalue weighted by atomic mass is 9.83. The molecule has 1 heterocycles. The molecular weight excluding hydrogens is 250 g/mol. The van der Waals surface area contributed by atoms with Crippen molar-refractivity contribution in [2.45, 2.75) is 37.6 Å². The van der Waals surface area contributed by atoms with Crippen LogP contribution in [0, 0.1) is 5.92 Å². The van der Waals surface area contributed by atoms with E-state index in [9.17, 15) is 8.42 Å². The average molecular weight is 269 g/mol. The standard InChI is InChI=1S/C12H19N3O2S/c1-3-13-12-8-11(4-5-14-12)18(16,17)15-10-6-9(2)7-10/h4-5,8-10,15H,3,6-7H2,1-2H3,(H,13,14). The van der Waals surface area contributed by atoms with Crippen molar-refractivity contribution >= 4 is 15.8 Å². The Balaban J connectivity index is 2.11. The van der Waals surface area contributed by atoms with Gasteiger partial charge >= 0.3 is 0 Å². The summed E-state index contributed by atoms with van der Waals surface area (Å²) in [6.45, 7) is 4.78. The third kappa shape index (κ3) is 3.00. The zero-order valence-electron chi connectivity index (χ0n) is 10.7. The summed E-state index contributed by atoms with van der Waals surface area (Å²) in [5, 5.41) is 3.01. The van der Waals surface area contributed by atoms with Crippen molar-refractivity contribution < 1.29 is 8.42 Å². The number of hydrogen-bond donors (Lipinski definition) is 2. The summed E-state index contributed by atoms with van der Waals surface area (Å²) in [6.07, 6.45) is 3.35. The van der Waals surface area contributed by atoms with Gasteiger partial charge in [-0.15, -0.1) is 0 Å². The van der Waals surface area contributed by atoms with Crippen molar-refractivity contribution in [3.63, 3.8) is 0 Å². The third-order valence-corrected chi connectivity index (χ3v) is 4.61. The van der Waals surface area contributed by atoms with E-state index in [1.54, 1.807) is 6.07 Å². The van der Waals surface area contributed by atoms with Crippen LogP contribution in [0.3, 0.4) is 0 Å². The van der Waals surface area contributed by atoms with Crippen molar-refractivity contribution in [2.24, 2.45) is 5.92 Å². The molecule has 0 atom stereocenters. The Labute approximate surface area is 108 Å². The number of aromatic nitrogens is 1. The summed E-state index contributed by atoms with van der Waals surface area (Å²) in [4.78, 5) is 4.34.